The van der Waals surface area contributed by atoms with Crippen molar-refractivity contribution in [1.29, 1.82) is 0 Å². The summed E-state index contributed by atoms with van der Waals surface area (Å²) in [6.07, 6.45) is 7.47. The zero-order valence-corrected chi connectivity index (χ0v) is 12.2. The van der Waals surface area contributed by atoms with Crippen LogP contribution in [0.2, 0.25) is 0 Å². The summed E-state index contributed by atoms with van der Waals surface area (Å²) in [5.41, 5.74) is 0. The van der Waals surface area contributed by atoms with E-state index in [-0.39, 0.29) is 0 Å². The molecule has 5 heteroatoms. The van der Waals surface area contributed by atoms with Crippen LogP contribution < -0.4 is 5.32 Å². The van der Waals surface area contributed by atoms with Crippen molar-refractivity contribution in [2.75, 3.05) is 20.1 Å². The van der Waals surface area contributed by atoms with Crippen LogP contribution in [-0.4, -0.2) is 47.3 Å². The van der Waals surface area contributed by atoms with E-state index in [2.05, 4.69) is 22.4 Å². The van der Waals surface area contributed by atoms with Gasteiger partial charge in [-0.25, -0.2) is 0 Å². The van der Waals surface area contributed by atoms with Crippen LogP contribution in [0.1, 0.15) is 62.1 Å². The lowest BCUT2D eigenvalue weighted by Crippen LogP contribution is -2.39. The Bertz CT molecular complexity index is 454. The largest absolute Gasteiger partial charge is 0.339 e. The Hall–Kier alpha value is -0.940. The summed E-state index contributed by atoms with van der Waals surface area (Å²) in [4.78, 5) is 7.30. The smallest absolute Gasteiger partial charge is 0.231 e. The number of piperidine rings is 2. The first kappa shape index (κ1) is 12.8. The molecule has 0 amide bonds. The zero-order chi connectivity index (χ0) is 13.5. The van der Waals surface area contributed by atoms with Gasteiger partial charge in [-0.1, -0.05) is 5.16 Å². The second-order valence-electron chi connectivity index (χ2n) is 6.75. The molecule has 3 saturated heterocycles. The SMILES string of the molecule is CN1C2CCC1CC(c1noc([C@@H]3CCCNC3)n1)C2. The van der Waals surface area contributed by atoms with Gasteiger partial charge in [0.1, 0.15) is 0 Å². The van der Waals surface area contributed by atoms with Gasteiger partial charge in [-0.3, -0.25) is 0 Å². The molecule has 4 heterocycles. The monoisotopic (exact) mass is 276 g/mol. The standard InChI is InChI=1S/C15H24N4O/c1-19-12-4-5-13(19)8-11(7-12)14-17-15(20-18-14)10-3-2-6-16-9-10/h10-13,16H,2-9H2,1H3/t10-,11?,12?,13?/m1/s1. The maximum atomic E-state index is 5.56. The highest BCUT2D eigenvalue weighted by molar-refractivity contribution is 5.07. The second kappa shape index (κ2) is 5.11. The van der Waals surface area contributed by atoms with Crippen LogP contribution >= 0.6 is 0 Å². The number of rotatable bonds is 2. The molecule has 5 nitrogen and oxygen atoms in total. The van der Waals surface area contributed by atoms with Crippen molar-refractivity contribution >= 4 is 0 Å². The molecule has 0 aromatic carbocycles. The first-order valence-electron chi connectivity index (χ1n) is 8.07. The Morgan fingerprint density at radius 2 is 1.95 bits per heavy atom. The summed E-state index contributed by atoms with van der Waals surface area (Å²) in [6.45, 7) is 2.11. The molecule has 110 valence electrons. The van der Waals surface area contributed by atoms with E-state index in [0.29, 0.717) is 11.8 Å². The Balaban J connectivity index is 1.48. The predicted octanol–water partition coefficient (Wildman–Crippen LogP) is 1.88. The van der Waals surface area contributed by atoms with Gasteiger partial charge < -0.3 is 14.7 Å². The third-order valence-electron chi connectivity index (χ3n) is 5.57. The molecule has 1 aromatic heterocycles. The molecule has 3 aliphatic rings. The number of hydrogen-bond acceptors (Lipinski definition) is 5. The number of nitrogens with one attached hydrogen (secondary N) is 1. The predicted molar refractivity (Wildman–Crippen MR) is 75.7 cm³/mol. The van der Waals surface area contributed by atoms with Gasteiger partial charge in [0.25, 0.3) is 0 Å². The topological polar surface area (TPSA) is 54.2 Å². The van der Waals surface area contributed by atoms with Gasteiger partial charge in [-0.2, -0.15) is 4.98 Å². The minimum atomic E-state index is 0.424. The summed E-state index contributed by atoms with van der Waals surface area (Å²) < 4.78 is 5.56. The van der Waals surface area contributed by atoms with Crippen molar-refractivity contribution in [2.24, 2.45) is 0 Å². The van der Waals surface area contributed by atoms with E-state index in [9.17, 15) is 0 Å². The zero-order valence-electron chi connectivity index (χ0n) is 12.2. The number of fused-ring (bicyclic) bond motifs is 2. The van der Waals surface area contributed by atoms with E-state index in [0.717, 1.165) is 36.9 Å². The Morgan fingerprint density at radius 1 is 1.15 bits per heavy atom. The van der Waals surface area contributed by atoms with Crippen molar-refractivity contribution in [2.45, 2.75) is 62.4 Å². The minimum absolute atomic E-state index is 0.424. The van der Waals surface area contributed by atoms with Crippen LogP contribution in [0.3, 0.4) is 0 Å². The van der Waals surface area contributed by atoms with E-state index in [1.54, 1.807) is 0 Å². The highest BCUT2D eigenvalue weighted by Gasteiger charge is 2.40. The van der Waals surface area contributed by atoms with E-state index in [4.69, 9.17) is 9.51 Å². The summed E-state index contributed by atoms with van der Waals surface area (Å²) in [7, 11) is 2.27. The first-order chi connectivity index (χ1) is 9.81. The number of hydrogen-bond donors (Lipinski definition) is 1. The fourth-order valence-electron chi connectivity index (χ4n) is 4.26. The normalized spacial score (nSPS) is 38.2. The van der Waals surface area contributed by atoms with E-state index >= 15 is 0 Å². The van der Waals surface area contributed by atoms with Gasteiger partial charge in [0.15, 0.2) is 5.82 Å². The molecule has 3 fully saturated rings. The van der Waals surface area contributed by atoms with Crippen molar-refractivity contribution in [1.82, 2.24) is 20.4 Å². The molecule has 20 heavy (non-hydrogen) atoms. The lowest BCUT2D eigenvalue weighted by atomic mass is 9.90. The van der Waals surface area contributed by atoms with Gasteiger partial charge in [0.05, 0.1) is 5.92 Å². The van der Waals surface area contributed by atoms with Crippen LogP contribution in [0.25, 0.3) is 0 Å². The molecule has 1 N–H and O–H groups in total. The summed E-state index contributed by atoms with van der Waals surface area (Å²) in [6, 6.07) is 1.47. The van der Waals surface area contributed by atoms with Gasteiger partial charge in [0.2, 0.25) is 5.89 Å². The van der Waals surface area contributed by atoms with Crippen LogP contribution in [0.15, 0.2) is 4.52 Å². The minimum Gasteiger partial charge on any atom is -0.339 e. The van der Waals surface area contributed by atoms with Crippen molar-refractivity contribution in [3.05, 3.63) is 11.7 Å². The molecule has 2 bridgehead atoms. The third kappa shape index (κ3) is 2.17. The van der Waals surface area contributed by atoms with E-state index in [1.807, 2.05) is 0 Å². The molecule has 3 aliphatic heterocycles. The quantitative estimate of drug-likeness (QED) is 0.894. The van der Waals surface area contributed by atoms with Crippen LogP contribution in [0.4, 0.5) is 0 Å². The molecule has 0 aliphatic carbocycles. The number of aromatic nitrogens is 2. The first-order valence-corrected chi connectivity index (χ1v) is 8.07. The molecular formula is C15H24N4O. The number of nitrogens with zero attached hydrogens (tertiary/aromatic N) is 3. The molecule has 4 rings (SSSR count). The summed E-state index contributed by atoms with van der Waals surface area (Å²) in [5.74, 6) is 2.76. The lowest BCUT2D eigenvalue weighted by molar-refractivity contribution is 0.157. The Morgan fingerprint density at radius 3 is 2.65 bits per heavy atom. The van der Waals surface area contributed by atoms with Crippen molar-refractivity contribution in [3.63, 3.8) is 0 Å². The molecule has 2 unspecified atom stereocenters. The van der Waals surface area contributed by atoms with Crippen molar-refractivity contribution in [3.8, 4) is 0 Å². The van der Waals surface area contributed by atoms with Gasteiger partial charge >= 0.3 is 0 Å². The lowest BCUT2D eigenvalue weighted by Gasteiger charge is -2.34. The van der Waals surface area contributed by atoms with Gasteiger partial charge in [0, 0.05) is 24.5 Å². The molecule has 0 radical (unpaired) electrons. The molecule has 1 aromatic rings. The van der Waals surface area contributed by atoms with Crippen LogP contribution in [0.5, 0.6) is 0 Å². The summed E-state index contributed by atoms with van der Waals surface area (Å²) >= 11 is 0. The fourth-order valence-corrected chi connectivity index (χ4v) is 4.26. The fraction of sp³-hybridized carbons (Fsp3) is 0.867. The van der Waals surface area contributed by atoms with Gasteiger partial charge in [-0.05, 0) is 52.1 Å². The second-order valence-corrected chi connectivity index (χ2v) is 6.75. The average Bonchev–Trinajstić information content (AvgIpc) is 3.03. The third-order valence-corrected chi connectivity index (χ3v) is 5.57. The van der Waals surface area contributed by atoms with Crippen LogP contribution in [-0.2, 0) is 0 Å². The highest BCUT2D eigenvalue weighted by Crippen LogP contribution is 2.41. The van der Waals surface area contributed by atoms with Gasteiger partial charge in [-0.15, -0.1) is 0 Å². The Kier molecular flexibility index (Phi) is 3.27. The van der Waals surface area contributed by atoms with E-state index in [1.165, 1.54) is 38.5 Å². The highest BCUT2D eigenvalue weighted by atomic mass is 16.5. The van der Waals surface area contributed by atoms with E-state index < -0.39 is 0 Å². The molecular weight excluding hydrogens is 252 g/mol. The maximum Gasteiger partial charge on any atom is 0.231 e. The molecule has 0 spiro atoms. The maximum absolute atomic E-state index is 5.56. The van der Waals surface area contributed by atoms with Crippen LogP contribution in [0, 0.1) is 0 Å². The Labute approximate surface area is 120 Å². The molecule has 3 atom stereocenters. The molecule has 0 saturated carbocycles. The van der Waals surface area contributed by atoms with Crippen molar-refractivity contribution < 1.29 is 4.52 Å². The average molecular weight is 276 g/mol. The summed E-state index contributed by atoms with van der Waals surface area (Å²) in [5, 5.41) is 7.72.